The van der Waals surface area contributed by atoms with Crippen molar-refractivity contribution in [2.24, 2.45) is 0 Å². The number of hydrogen-bond donors (Lipinski definition) is 2. The van der Waals surface area contributed by atoms with Gasteiger partial charge in [-0.05, 0) is 62.4 Å². The summed E-state index contributed by atoms with van der Waals surface area (Å²) in [5, 5.41) is 7.87. The first-order valence-electron chi connectivity index (χ1n) is 6.73. The maximum atomic E-state index is 5.85. The summed E-state index contributed by atoms with van der Waals surface area (Å²) >= 11 is 11.2. The summed E-state index contributed by atoms with van der Waals surface area (Å²) in [7, 11) is 0. The van der Waals surface area contributed by atoms with Crippen LogP contribution in [0, 0.1) is 0 Å². The molecule has 2 N–H and O–H groups in total. The fraction of sp³-hybridized carbons (Fsp3) is 0.500. The summed E-state index contributed by atoms with van der Waals surface area (Å²) in [5.41, 5.74) is 0.959. The van der Waals surface area contributed by atoms with Gasteiger partial charge in [0.1, 0.15) is 0 Å². The van der Waals surface area contributed by atoms with E-state index in [2.05, 4.69) is 22.5 Å². The van der Waals surface area contributed by atoms with Crippen molar-refractivity contribution in [3.8, 4) is 0 Å². The lowest BCUT2D eigenvalue weighted by atomic mass is 10.2. The molecule has 1 aromatic carbocycles. The van der Waals surface area contributed by atoms with Crippen molar-refractivity contribution >= 4 is 34.6 Å². The van der Waals surface area contributed by atoms with Gasteiger partial charge in [0.25, 0.3) is 0 Å². The third-order valence-corrected chi connectivity index (χ3v) is 4.00. The van der Waals surface area contributed by atoms with E-state index in [0.29, 0.717) is 11.2 Å². The molecule has 19 heavy (non-hydrogen) atoms. The number of rotatable bonds is 4. The van der Waals surface area contributed by atoms with E-state index in [-0.39, 0.29) is 0 Å². The Hall–Kier alpha value is -0.840. The Morgan fingerprint density at radius 2 is 2.16 bits per heavy atom. The van der Waals surface area contributed by atoms with Crippen LogP contribution in [0.2, 0.25) is 5.02 Å². The molecule has 0 amide bonds. The minimum atomic E-state index is 0.606. The van der Waals surface area contributed by atoms with E-state index >= 15 is 0 Å². The van der Waals surface area contributed by atoms with Crippen molar-refractivity contribution in [3.05, 3.63) is 29.3 Å². The number of benzene rings is 1. The lowest BCUT2D eigenvalue weighted by Gasteiger charge is -2.23. The highest BCUT2D eigenvalue weighted by atomic mass is 35.5. The molecule has 0 aromatic heterocycles. The molecule has 0 saturated carbocycles. The standard InChI is InChI=1S/C14H20ClN3S/c1-2-18-9-3-4-13(18)10-16-14(19)17-12-7-5-11(15)6-8-12/h5-8,13H,2-4,9-10H2,1H3,(H2,16,17,19). The molecule has 3 nitrogen and oxygen atoms in total. The number of thiocarbonyl (C=S) groups is 1. The second-order valence-electron chi connectivity index (χ2n) is 4.77. The van der Waals surface area contributed by atoms with Gasteiger partial charge in [0.2, 0.25) is 0 Å². The van der Waals surface area contributed by atoms with Crippen LogP contribution in [0.1, 0.15) is 19.8 Å². The maximum absolute atomic E-state index is 5.85. The van der Waals surface area contributed by atoms with Crippen LogP contribution in [0.4, 0.5) is 5.69 Å². The third-order valence-electron chi connectivity index (χ3n) is 3.51. The van der Waals surface area contributed by atoms with Crippen LogP contribution in [0.5, 0.6) is 0 Å². The molecule has 1 atom stereocenters. The summed E-state index contributed by atoms with van der Waals surface area (Å²) in [6.07, 6.45) is 2.54. The van der Waals surface area contributed by atoms with Crippen LogP contribution in [0.15, 0.2) is 24.3 Å². The Bertz CT molecular complexity index is 421. The van der Waals surface area contributed by atoms with Gasteiger partial charge >= 0.3 is 0 Å². The number of hydrogen-bond acceptors (Lipinski definition) is 2. The van der Waals surface area contributed by atoms with E-state index in [9.17, 15) is 0 Å². The maximum Gasteiger partial charge on any atom is 0.170 e. The van der Waals surface area contributed by atoms with Gasteiger partial charge in [-0.25, -0.2) is 0 Å². The second-order valence-corrected chi connectivity index (χ2v) is 5.61. The van der Waals surface area contributed by atoms with E-state index in [4.69, 9.17) is 23.8 Å². The predicted molar refractivity (Wildman–Crippen MR) is 85.9 cm³/mol. The van der Waals surface area contributed by atoms with E-state index in [0.717, 1.165) is 23.8 Å². The molecule has 1 unspecified atom stereocenters. The zero-order valence-corrected chi connectivity index (χ0v) is 12.7. The van der Waals surface area contributed by atoms with Gasteiger partial charge in [-0.2, -0.15) is 0 Å². The minimum Gasteiger partial charge on any atom is -0.361 e. The SMILES string of the molecule is CCN1CCCC1CNC(=S)Nc1ccc(Cl)cc1. The van der Waals surface area contributed by atoms with Crippen LogP contribution < -0.4 is 10.6 Å². The summed E-state index contributed by atoms with van der Waals surface area (Å²) < 4.78 is 0. The van der Waals surface area contributed by atoms with Gasteiger partial charge in [-0.3, -0.25) is 4.90 Å². The predicted octanol–water partition coefficient (Wildman–Crippen LogP) is 3.11. The van der Waals surface area contributed by atoms with Crippen molar-refractivity contribution in [1.82, 2.24) is 10.2 Å². The van der Waals surface area contributed by atoms with Crippen molar-refractivity contribution < 1.29 is 0 Å². The summed E-state index contributed by atoms with van der Waals surface area (Å²) in [5.74, 6) is 0. The Labute approximate surface area is 125 Å². The van der Waals surface area contributed by atoms with Gasteiger partial charge in [0.15, 0.2) is 5.11 Å². The normalized spacial score (nSPS) is 19.4. The van der Waals surface area contributed by atoms with E-state index in [1.165, 1.54) is 19.4 Å². The highest BCUT2D eigenvalue weighted by Gasteiger charge is 2.22. The molecule has 1 aliphatic heterocycles. The number of nitrogens with one attached hydrogen (secondary N) is 2. The van der Waals surface area contributed by atoms with Crippen LogP contribution in [0.3, 0.4) is 0 Å². The number of anilines is 1. The van der Waals surface area contributed by atoms with Crippen molar-refractivity contribution in [2.45, 2.75) is 25.8 Å². The Kier molecular flexibility index (Phi) is 5.43. The van der Waals surface area contributed by atoms with Crippen molar-refractivity contribution in [2.75, 3.05) is 25.0 Å². The fourth-order valence-corrected chi connectivity index (χ4v) is 2.79. The molecule has 1 saturated heterocycles. The molecular formula is C14H20ClN3S. The minimum absolute atomic E-state index is 0.606. The smallest absolute Gasteiger partial charge is 0.170 e. The molecule has 0 aliphatic carbocycles. The summed E-state index contributed by atoms with van der Waals surface area (Å²) in [6, 6.07) is 8.15. The second kappa shape index (κ2) is 7.08. The zero-order chi connectivity index (χ0) is 13.7. The number of halogens is 1. The van der Waals surface area contributed by atoms with E-state index in [1.807, 2.05) is 24.3 Å². The number of nitrogens with zero attached hydrogens (tertiary/aromatic N) is 1. The molecule has 1 aliphatic rings. The highest BCUT2D eigenvalue weighted by molar-refractivity contribution is 7.80. The van der Waals surface area contributed by atoms with Crippen LogP contribution >= 0.6 is 23.8 Å². The third kappa shape index (κ3) is 4.34. The first-order chi connectivity index (χ1) is 9.19. The monoisotopic (exact) mass is 297 g/mol. The molecule has 2 rings (SSSR count). The molecular weight excluding hydrogens is 278 g/mol. The average Bonchev–Trinajstić information content (AvgIpc) is 2.86. The van der Waals surface area contributed by atoms with Gasteiger partial charge in [0.05, 0.1) is 0 Å². The lowest BCUT2D eigenvalue weighted by molar-refractivity contribution is 0.267. The topological polar surface area (TPSA) is 27.3 Å². The number of likely N-dealkylation sites (N-methyl/N-ethyl adjacent to an activating group) is 1. The van der Waals surface area contributed by atoms with Gasteiger partial charge < -0.3 is 10.6 Å². The number of likely N-dealkylation sites (tertiary alicyclic amines) is 1. The van der Waals surface area contributed by atoms with Crippen molar-refractivity contribution in [1.29, 1.82) is 0 Å². The average molecular weight is 298 g/mol. The lowest BCUT2D eigenvalue weighted by Crippen LogP contribution is -2.41. The first-order valence-corrected chi connectivity index (χ1v) is 7.52. The summed E-state index contributed by atoms with van der Waals surface area (Å²) in [4.78, 5) is 2.50. The van der Waals surface area contributed by atoms with E-state index < -0.39 is 0 Å². The molecule has 0 bridgehead atoms. The molecule has 5 heteroatoms. The van der Waals surface area contributed by atoms with Crippen molar-refractivity contribution in [3.63, 3.8) is 0 Å². The first kappa shape index (κ1) is 14.6. The quantitative estimate of drug-likeness (QED) is 0.835. The Morgan fingerprint density at radius 1 is 1.42 bits per heavy atom. The van der Waals surface area contributed by atoms with Gasteiger partial charge in [0, 0.05) is 23.3 Å². The molecule has 0 radical (unpaired) electrons. The Balaban J connectivity index is 1.77. The zero-order valence-electron chi connectivity index (χ0n) is 11.2. The molecule has 1 heterocycles. The molecule has 0 spiro atoms. The largest absolute Gasteiger partial charge is 0.361 e. The Morgan fingerprint density at radius 3 is 2.84 bits per heavy atom. The van der Waals surface area contributed by atoms with Crippen LogP contribution in [0.25, 0.3) is 0 Å². The highest BCUT2D eigenvalue weighted by Crippen LogP contribution is 2.16. The van der Waals surface area contributed by atoms with Crippen LogP contribution in [-0.4, -0.2) is 35.7 Å². The van der Waals surface area contributed by atoms with Gasteiger partial charge in [-0.15, -0.1) is 0 Å². The molecule has 104 valence electrons. The molecule has 1 fully saturated rings. The fourth-order valence-electron chi connectivity index (χ4n) is 2.46. The van der Waals surface area contributed by atoms with E-state index in [1.54, 1.807) is 0 Å². The summed E-state index contributed by atoms with van der Waals surface area (Å²) in [6.45, 7) is 5.44. The van der Waals surface area contributed by atoms with Crippen LogP contribution in [-0.2, 0) is 0 Å². The molecule has 1 aromatic rings. The van der Waals surface area contributed by atoms with Gasteiger partial charge in [-0.1, -0.05) is 18.5 Å².